The summed E-state index contributed by atoms with van der Waals surface area (Å²) >= 11 is 0. The molecule has 2 aliphatic rings. The Morgan fingerprint density at radius 3 is 2.75 bits per heavy atom. The minimum atomic E-state index is -0.687. The first kappa shape index (κ1) is 13.9. The van der Waals surface area contributed by atoms with Gasteiger partial charge in [0.05, 0.1) is 6.10 Å². The van der Waals surface area contributed by atoms with E-state index >= 15 is 0 Å². The number of hydrogen-bond donors (Lipinski definition) is 2. The molecule has 1 saturated heterocycles. The minimum Gasteiger partial charge on any atom is -0.487 e. The predicted molar refractivity (Wildman–Crippen MR) is 74.0 cm³/mol. The van der Waals surface area contributed by atoms with Gasteiger partial charge in [-0.2, -0.15) is 0 Å². The van der Waals surface area contributed by atoms with Crippen molar-refractivity contribution in [3.8, 4) is 5.75 Å². The van der Waals surface area contributed by atoms with Crippen molar-refractivity contribution in [1.29, 1.82) is 0 Å². The lowest BCUT2D eigenvalue weighted by Gasteiger charge is -2.46. The Kier molecular flexibility index (Phi) is 3.48. The molecule has 4 nitrogen and oxygen atoms in total. The number of benzene rings is 1. The number of nitrogens with zero attached hydrogens (tertiary/aromatic N) is 1. The fourth-order valence-corrected chi connectivity index (χ4v) is 3.22. The molecule has 0 radical (unpaired) electrons. The van der Waals surface area contributed by atoms with Crippen LogP contribution in [-0.4, -0.2) is 40.7 Å². The average Bonchev–Trinajstić information content (AvgIpc) is 2.40. The minimum absolute atomic E-state index is 0.355. The summed E-state index contributed by atoms with van der Waals surface area (Å²) in [7, 11) is -0.456. The number of fused-ring (bicyclic) bond motifs is 1. The van der Waals surface area contributed by atoms with E-state index in [0.717, 1.165) is 25.9 Å². The quantitative estimate of drug-likeness (QED) is 0.766. The predicted octanol–water partition coefficient (Wildman–Crippen LogP) is 1.59. The van der Waals surface area contributed by atoms with E-state index in [9.17, 15) is 14.5 Å². The molecular weight excluding hydrogens is 260 g/mol. The fourth-order valence-electron chi connectivity index (χ4n) is 3.22. The van der Waals surface area contributed by atoms with Crippen LogP contribution in [0.4, 0.5) is 4.39 Å². The maximum atomic E-state index is 13.2. The van der Waals surface area contributed by atoms with Gasteiger partial charge in [-0.25, -0.2) is 4.39 Å². The molecule has 2 aliphatic heterocycles. The lowest BCUT2D eigenvalue weighted by Crippen LogP contribution is -2.53. The Hall–Kier alpha value is -1.11. The van der Waals surface area contributed by atoms with Crippen molar-refractivity contribution in [3.63, 3.8) is 0 Å². The van der Waals surface area contributed by atoms with Gasteiger partial charge in [-0.1, -0.05) is 0 Å². The van der Waals surface area contributed by atoms with Crippen LogP contribution in [0, 0.1) is 5.82 Å². The van der Waals surface area contributed by atoms with E-state index in [4.69, 9.17) is 4.74 Å². The number of aliphatic hydroxyl groups is 1. The number of rotatable bonds is 1. The fraction of sp³-hybridized carbons (Fsp3) is 0.571. The zero-order chi connectivity index (χ0) is 14.3. The molecule has 0 saturated carbocycles. The smallest absolute Gasteiger partial charge is 0.376 e. The lowest BCUT2D eigenvalue weighted by atomic mass is 9.76. The van der Waals surface area contributed by atoms with Crippen molar-refractivity contribution >= 4 is 7.05 Å². The Balaban J connectivity index is 1.80. The number of ether oxygens (including phenoxy) is 1. The SMILES string of the molecule is CB(O)N1CCC2(CC1)CC(O)c1cc(F)ccc1O2. The number of hydrogen-bond acceptors (Lipinski definition) is 4. The largest absolute Gasteiger partial charge is 0.487 e. The summed E-state index contributed by atoms with van der Waals surface area (Å²) < 4.78 is 19.3. The first-order valence-electron chi connectivity index (χ1n) is 7.08. The Morgan fingerprint density at radius 1 is 1.40 bits per heavy atom. The van der Waals surface area contributed by atoms with Crippen molar-refractivity contribution in [2.24, 2.45) is 0 Å². The molecule has 0 bridgehead atoms. The van der Waals surface area contributed by atoms with Crippen LogP contribution in [0.5, 0.6) is 5.75 Å². The number of halogens is 1. The first-order valence-corrected chi connectivity index (χ1v) is 7.08. The van der Waals surface area contributed by atoms with E-state index in [1.165, 1.54) is 12.1 Å². The van der Waals surface area contributed by atoms with Gasteiger partial charge in [-0.05, 0) is 51.0 Å². The van der Waals surface area contributed by atoms with Crippen LogP contribution in [0.1, 0.15) is 30.9 Å². The maximum Gasteiger partial charge on any atom is 0.376 e. The van der Waals surface area contributed by atoms with E-state index in [0.29, 0.717) is 17.7 Å². The molecule has 1 aromatic rings. The Bertz CT molecular complexity index is 503. The highest BCUT2D eigenvalue weighted by molar-refractivity contribution is 6.45. The zero-order valence-electron chi connectivity index (χ0n) is 11.6. The van der Waals surface area contributed by atoms with Gasteiger partial charge < -0.3 is 19.7 Å². The second-order valence-corrected chi connectivity index (χ2v) is 5.85. The molecular formula is C14H19BFNO3. The van der Waals surface area contributed by atoms with Gasteiger partial charge in [0, 0.05) is 12.0 Å². The van der Waals surface area contributed by atoms with Crippen LogP contribution in [0.3, 0.4) is 0 Å². The third-order valence-electron chi connectivity index (χ3n) is 4.46. The highest BCUT2D eigenvalue weighted by Crippen LogP contribution is 2.44. The first-order chi connectivity index (χ1) is 9.49. The maximum absolute atomic E-state index is 13.2. The van der Waals surface area contributed by atoms with E-state index in [-0.39, 0.29) is 5.82 Å². The molecule has 1 unspecified atom stereocenters. The zero-order valence-corrected chi connectivity index (χ0v) is 11.6. The number of piperidine rings is 1. The molecule has 108 valence electrons. The molecule has 0 amide bonds. The number of aliphatic hydroxyl groups excluding tert-OH is 1. The van der Waals surface area contributed by atoms with E-state index < -0.39 is 18.8 Å². The summed E-state index contributed by atoms with van der Waals surface area (Å²) in [5, 5.41) is 19.9. The van der Waals surface area contributed by atoms with Crippen molar-refractivity contribution in [2.45, 2.75) is 37.8 Å². The standard InChI is InChI=1S/C14H19BFNO3/c1-15(19)17-6-4-14(5-7-17)9-12(18)11-8-10(16)2-3-13(11)20-14/h2-3,8,12,18-19H,4-7,9H2,1H3. The molecule has 3 rings (SSSR count). The third-order valence-corrected chi connectivity index (χ3v) is 4.46. The van der Waals surface area contributed by atoms with E-state index in [1.54, 1.807) is 12.9 Å². The topological polar surface area (TPSA) is 52.9 Å². The second-order valence-electron chi connectivity index (χ2n) is 5.85. The van der Waals surface area contributed by atoms with Crippen LogP contribution in [0.15, 0.2) is 18.2 Å². The molecule has 2 heterocycles. The van der Waals surface area contributed by atoms with Gasteiger partial charge in [-0.15, -0.1) is 0 Å². The van der Waals surface area contributed by atoms with Crippen molar-refractivity contribution in [1.82, 2.24) is 4.81 Å². The Labute approximate surface area is 118 Å². The Morgan fingerprint density at radius 2 is 2.10 bits per heavy atom. The molecule has 1 fully saturated rings. The summed E-state index contributed by atoms with van der Waals surface area (Å²) in [5.74, 6) is 0.224. The van der Waals surface area contributed by atoms with Gasteiger partial charge in [0.2, 0.25) is 0 Å². The molecule has 1 atom stereocenters. The van der Waals surface area contributed by atoms with Gasteiger partial charge >= 0.3 is 7.05 Å². The van der Waals surface area contributed by atoms with Crippen LogP contribution < -0.4 is 4.74 Å². The summed E-state index contributed by atoms with van der Waals surface area (Å²) in [5.41, 5.74) is 0.143. The van der Waals surface area contributed by atoms with Gasteiger partial charge in [0.1, 0.15) is 17.2 Å². The molecule has 20 heavy (non-hydrogen) atoms. The lowest BCUT2D eigenvalue weighted by molar-refractivity contribution is -0.0455. The van der Waals surface area contributed by atoms with Gasteiger partial charge in [-0.3, -0.25) is 0 Å². The van der Waals surface area contributed by atoms with E-state index in [1.807, 2.05) is 4.81 Å². The summed E-state index contributed by atoms with van der Waals surface area (Å²) in [6, 6.07) is 4.29. The molecule has 6 heteroatoms. The molecule has 0 aliphatic carbocycles. The normalized spacial score (nSPS) is 25.1. The van der Waals surface area contributed by atoms with Crippen molar-refractivity contribution in [3.05, 3.63) is 29.6 Å². The van der Waals surface area contributed by atoms with Crippen LogP contribution >= 0.6 is 0 Å². The molecule has 1 aromatic carbocycles. The molecule has 1 spiro atoms. The molecule has 2 N–H and O–H groups in total. The van der Waals surface area contributed by atoms with Crippen LogP contribution in [-0.2, 0) is 0 Å². The van der Waals surface area contributed by atoms with Gasteiger partial charge in [0.25, 0.3) is 0 Å². The molecule has 0 aromatic heterocycles. The third kappa shape index (κ3) is 2.43. The highest BCUT2D eigenvalue weighted by Gasteiger charge is 2.43. The monoisotopic (exact) mass is 279 g/mol. The summed E-state index contributed by atoms with van der Waals surface area (Å²) in [6.07, 6.45) is 1.31. The van der Waals surface area contributed by atoms with Crippen LogP contribution in [0.25, 0.3) is 0 Å². The van der Waals surface area contributed by atoms with Crippen LogP contribution in [0.2, 0.25) is 6.82 Å². The summed E-state index contributed by atoms with van der Waals surface area (Å²) in [4.78, 5) is 1.99. The second kappa shape index (κ2) is 5.02. The van der Waals surface area contributed by atoms with Gasteiger partial charge in [0.15, 0.2) is 0 Å². The van der Waals surface area contributed by atoms with E-state index in [2.05, 4.69) is 0 Å². The van der Waals surface area contributed by atoms with Crippen molar-refractivity contribution in [2.75, 3.05) is 13.1 Å². The summed E-state index contributed by atoms with van der Waals surface area (Å²) in [6.45, 7) is 3.23. The highest BCUT2D eigenvalue weighted by atomic mass is 19.1. The van der Waals surface area contributed by atoms with Crippen molar-refractivity contribution < 1.29 is 19.3 Å². The average molecular weight is 279 g/mol.